The Morgan fingerprint density at radius 3 is 2.75 bits per heavy atom. The van der Waals surface area contributed by atoms with E-state index in [2.05, 4.69) is 10.6 Å². The van der Waals surface area contributed by atoms with Gasteiger partial charge in [-0.15, -0.1) is 0 Å². The Labute approximate surface area is 116 Å². The van der Waals surface area contributed by atoms with E-state index >= 15 is 0 Å². The van der Waals surface area contributed by atoms with E-state index in [4.69, 9.17) is 0 Å². The molecule has 0 bridgehead atoms. The van der Waals surface area contributed by atoms with E-state index in [-0.39, 0.29) is 11.8 Å². The summed E-state index contributed by atoms with van der Waals surface area (Å²) in [5, 5.41) is 5.50. The number of benzene rings is 1. The second-order valence-electron chi connectivity index (χ2n) is 4.79. The first-order chi connectivity index (χ1) is 9.72. The molecular formula is C15H15N3O2. The van der Waals surface area contributed by atoms with E-state index < -0.39 is 6.04 Å². The maximum atomic E-state index is 12.0. The minimum Gasteiger partial charge on any atom is -0.344 e. The monoisotopic (exact) mass is 269 g/mol. The maximum Gasteiger partial charge on any atom is 0.246 e. The zero-order valence-corrected chi connectivity index (χ0v) is 10.9. The molecule has 0 radical (unpaired) electrons. The molecule has 1 unspecified atom stereocenters. The predicted octanol–water partition coefficient (Wildman–Crippen LogP) is 1.69. The maximum absolute atomic E-state index is 12.0. The molecule has 1 atom stereocenters. The number of carbonyl (C=O) groups is 2. The number of amides is 2. The van der Waals surface area contributed by atoms with Crippen LogP contribution < -0.4 is 10.6 Å². The van der Waals surface area contributed by atoms with Crippen molar-refractivity contribution in [2.24, 2.45) is 0 Å². The lowest BCUT2D eigenvalue weighted by Gasteiger charge is -2.12. The van der Waals surface area contributed by atoms with Crippen LogP contribution >= 0.6 is 0 Å². The van der Waals surface area contributed by atoms with Crippen molar-refractivity contribution in [3.05, 3.63) is 48.8 Å². The van der Waals surface area contributed by atoms with Crippen LogP contribution in [0.3, 0.4) is 0 Å². The molecule has 5 heteroatoms. The molecule has 2 N–H and O–H groups in total. The fourth-order valence-electron chi connectivity index (χ4n) is 2.29. The summed E-state index contributed by atoms with van der Waals surface area (Å²) in [4.78, 5) is 23.2. The van der Waals surface area contributed by atoms with Crippen molar-refractivity contribution in [2.45, 2.75) is 18.9 Å². The summed E-state index contributed by atoms with van der Waals surface area (Å²) in [6.07, 6.45) is 4.86. The molecule has 5 nitrogen and oxygen atoms in total. The third-order valence-corrected chi connectivity index (χ3v) is 3.33. The van der Waals surface area contributed by atoms with E-state index in [1.165, 1.54) is 0 Å². The van der Waals surface area contributed by atoms with Gasteiger partial charge in [-0.05, 0) is 36.8 Å². The van der Waals surface area contributed by atoms with Crippen LogP contribution in [0.1, 0.15) is 12.8 Å². The molecule has 2 aromatic rings. The SMILES string of the molecule is O=C1CCC(C(=O)Nc2cccc(-n3cccc3)c2)N1. The highest BCUT2D eigenvalue weighted by molar-refractivity contribution is 5.99. The van der Waals surface area contributed by atoms with Gasteiger partial charge in [0.2, 0.25) is 11.8 Å². The number of hydrogen-bond acceptors (Lipinski definition) is 2. The Hall–Kier alpha value is -2.56. The van der Waals surface area contributed by atoms with Gasteiger partial charge in [0.1, 0.15) is 6.04 Å². The van der Waals surface area contributed by atoms with Gasteiger partial charge in [0.05, 0.1) is 0 Å². The zero-order chi connectivity index (χ0) is 13.9. The second kappa shape index (κ2) is 5.21. The Kier molecular flexibility index (Phi) is 3.25. The lowest BCUT2D eigenvalue weighted by Crippen LogP contribution is -2.37. The lowest BCUT2D eigenvalue weighted by molar-refractivity contribution is -0.122. The number of anilines is 1. The minimum atomic E-state index is -0.419. The Morgan fingerprint density at radius 2 is 2.05 bits per heavy atom. The first kappa shape index (κ1) is 12.5. The molecule has 0 aliphatic carbocycles. The molecular weight excluding hydrogens is 254 g/mol. The van der Waals surface area contributed by atoms with Crippen LogP contribution in [0.25, 0.3) is 5.69 Å². The lowest BCUT2D eigenvalue weighted by atomic mass is 10.2. The molecule has 1 aliphatic heterocycles. The molecule has 3 rings (SSSR count). The first-order valence-corrected chi connectivity index (χ1v) is 6.56. The summed E-state index contributed by atoms with van der Waals surface area (Å²) in [5.74, 6) is -0.230. The van der Waals surface area contributed by atoms with Crippen LogP contribution in [-0.4, -0.2) is 22.4 Å². The summed E-state index contributed by atoms with van der Waals surface area (Å²) < 4.78 is 1.97. The molecule has 2 amide bonds. The first-order valence-electron chi connectivity index (χ1n) is 6.56. The molecule has 0 spiro atoms. The van der Waals surface area contributed by atoms with Gasteiger partial charge in [-0.3, -0.25) is 9.59 Å². The topological polar surface area (TPSA) is 63.1 Å². The van der Waals surface area contributed by atoms with Crippen molar-refractivity contribution >= 4 is 17.5 Å². The molecule has 20 heavy (non-hydrogen) atoms. The number of aromatic nitrogens is 1. The van der Waals surface area contributed by atoms with Crippen LogP contribution in [0.5, 0.6) is 0 Å². The molecule has 2 heterocycles. The van der Waals surface area contributed by atoms with E-state index in [1.807, 2.05) is 53.4 Å². The van der Waals surface area contributed by atoms with Gasteiger partial charge in [0, 0.05) is 30.2 Å². The van der Waals surface area contributed by atoms with Gasteiger partial charge >= 0.3 is 0 Å². The predicted molar refractivity (Wildman–Crippen MR) is 75.6 cm³/mol. The van der Waals surface area contributed by atoms with Crippen LogP contribution in [0, 0.1) is 0 Å². The van der Waals surface area contributed by atoms with Gasteiger partial charge in [-0.1, -0.05) is 6.07 Å². The number of nitrogens with zero attached hydrogens (tertiary/aromatic N) is 1. The summed E-state index contributed by atoms with van der Waals surface area (Å²) in [6.45, 7) is 0. The zero-order valence-electron chi connectivity index (χ0n) is 10.9. The van der Waals surface area contributed by atoms with E-state index in [9.17, 15) is 9.59 Å². The molecule has 1 fully saturated rings. The molecule has 1 aromatic heterocycles. The standard InChI is InChI=1S/C15H15N3O2/c19-14-7-6-13(17-14)15(20)16-11-4-3-5-12(10-11)18-8-1-2-9-18/h1-5,8-10,13H,6-7H2,(H,16,20)(H,17,19). The third kappa shape index (κ3) is 2.56. The van der Waals surface area contributed by atoms with Gasteiger partial charge in [-0.25, -0.2) is 0 Å². The molecule has 1 aliphatic rings. The van der Waals surface area contributed by atoms with E-state index in [0.29, 0.717) is 12.8 Å². The van der Waals surface area contributed by atoms with Crippen LogP contribution in [0.4, 0.5) is 5.69 Å². The van der Waals surface area contributed by atoms with Crippen molar-refractivity contribution in [3.8, 4) is 5.69 Å². The average molecular weight is 269 g/mol. The van der Waals surface area contributed by atoms with Gasteiger partial charge in [0.15, 0.2) is 0 Å². The van der Waals surface area contributed by atoms with Crippen molar-refractivity contribution < 1.29 is 9.59 Å². The van der Waals surface area contributed by atoms with E-state index in [0.717, 1.165) is 11.4 Å². The van der Waals surface area contributed by atoms with Crippen LogP contribution in [-0.2, 0) is 9.59 Å². The van der Waals surface area contributed by atoms with Crippen molar-refractivity contribution in [1.29, 1.82) is 0 Å². The quantitative estimate of drug-likeness (QED) is 0.890. The van der Waals surface area contributed by atoms with Gasteiger partial charge in [0.25, 0.3) is 0 Å². The normalized spacial score (nSPS) is 17.8. The van der Waals surface area contributed by atoms with Crippen molar-refractivity contribution in [2.75, 3.05) is 5.32 Å². The molecule has 1 saturated heterocycles. The number of nitrogens with one attached hydrogen (secondary N) is 2. The summed E-state index contributed by atoms with van der Waals surface area (Å²) >= 11 is 0. The molecule has 0 saturated carbocycles. The summed E-state index contributed by atoms with van der Waals surface area (Å²) in [6, 6.07) is 11.1. The highest BCUT2D eigenvalue weighted by Crippen LogP contribution is 2.16. The average Bonchev–Trinajstić information content (AvgIpc) is 3.10. The highest BCUT2D eigenvalue weighted by atomic mass is 16.2. The minimum absolute atomic E-state index is 0.0637. The van der Waals surface area contributed by atoms with Crippen molar-refractivity contribution in [1.82, 2.24) is 9.88 Å². The smallest absolute Gasteiger partial charge is 0.246 e. The van der Waals surface area contributed by atoms with Gasteiger partial charge < -0.3 is 15.2 Å². The van der Waals surface area contributed by atoms with Gasteiger partial charge in [-0.2, -0.15) is 0 Å². The fourth-order valence-corrected chi connectivity index (χ4v) is 2.29. The molecule has 102 valence electrons. The van der Waals surface area contributed by atoms with Crippen LogP contribution in [0.2, 0.25) is 0 Å². The Bertz CT molecular complexity index is 634. The number of hydrogen-bond donors (Lipinski definition) is 2. The third-order valence-electron chi connectivity index (χ3n) is 3.33. The summed E-state index contributed by atoms with van der Waals surface area (Å²) in [7, 11) is 0. The summed E-state index contributed by atoms with van der Waals surface area (Å²) in [5.41, 5.74) is 1.70. The van der Waals surface area contributed by atoms with Crippen LogP contribution in [0.15, 0.2) is 48.8 Å². The largest absolute Gasteiger partial charge is 0.344 e. The number of carbonyl (C=O) groups excluding carboxylic acids is 2. The Morgan fingerprint density at radius 1 is 1.25 bits per heavy atom. The highest BCUT2D eigenvalue weighted by Gasteiger charge is 2.27. The fraction of sp³-hybridized carbons (Fsp3) is 0.200. The van der Waals surface area contributed by atoms with Crippen molar-refractivity contribution in [3.63, 3.8) is 0 Å². The number of rotatable bonds is 3. The molecule has 1 aromatic carbocycles. The Balaban J connectivity index is 1.73. The second-order valence-corrected chi connectivity index (χ2v) is 4.79. The van der Waals surface area contributed by atoms with E-state index in [1.54, 1.807) is 0 Å².